The van der Waals surface area contributed by atoms with Gasteiger partial charge in [0.2, 0.25) is 0 Å². The molecule has 0 fully saturated rings. The first kappa shape index (κ1) is 16.3. The second-order valence-corrected chi connectivity index (χ2v) is 8.55. The molecule has 0 aliphatic heterocycles. The zero-order chi connectivity index (χ0) is 15.5. The maximum atomic E-state index is 11.5. The van der Waals surface area contributed by atoms with Crippen molar-refractivity contribution in [1.29, 1.82) is 0 Å². The van der Waals surface area contributed by atoms with Crippen LogP contribution in [0.3, 0.4) is 0 Å². The Bertz CT molecular complexity index is 523. The van der Waals surface area contributed by atoms with Gasteiger partial charge < -0.3 is 5.11 Å². The fourth-order valence-electron chi connectivity index (χ4n) is 2.22. The Balaban J connectivity index is 2.45. The summed E-state index contributed by atoms with van der Waals surface area (Å²) in [5.74, 6) is 0. The molecular formula is C18H24BOP. The summed E-state index contributed by atoms with van der Waals surface area (Å²) in [5, 5.41) is 10.8. The van der Waals surface area contributed by atoms with Gasteiger partial charge >= 0.3 is 0 Å². The predicted molar refractivity (Wildman–Crippen MR) is 95.5 cm³/mol. The van der Waals surface area contributed by atoms with Crippen LogP contribution in [0, 0.1) is 0 Å². The minimum atomic E-state index is -0.908. The van der Waals surface area contributed by atoms with Crippen molar-refractivity contribution in [3.63, 3.8) is 0 Å². The quantitative estimate of drug-likeness (QED) is 0.623. The van der Waals surface area contributed by atoms with Crippen molar-refractivity contribution in [2.75, 3.05) is 0 Å². The third-order valence-electron chi connectivity index (χ3n) is 4.11. The molecule has 2 aromatic carbocycles. The van der Waals surface area contributed by atoms with Crippen LogP contribution in [0.5, 0.6) is 0 Å². The minimum Gasteiger partial charge on any atom is -0.378 e. The van der Waals surface area contributed by atoms with E-state index >= 15 is 0 Å². The number of aliphatic hydroxyl groups is 1. The third-order valence-corrected chi connectivity index (χ3v) is 6.40. The highest BCUT2D eigenvalue weighted by atomic mass is 31.1. The molecule has 21 heavy (non-hydrogen) atoms. The summed E-state index contributed by atoms with van der Waals surface area (Å²) in [6, 6.07) is 20.1. The fourth-order valence-corrected chi connectivity index (χ4v) is 3.95. The second-order valence-electron chi connectivity index (χ2n) is 6.67. The number of hydrogen-bond acceptors (Lipinski definition) is 1. The van der Waals surface area contributed by atoms with Gasteiger partial charge in [-0.25, -0.2) is 0 Å². The van der Waals surface area contributed by atoms with Crippen LogP contribution in [-0.2, 0) is 5.34 Å². The lowest BCUT2D eigenvalue weighted by atomic mass is 9.55. The van der Waals surface area contributed by atoms with Gasteiger partial charge in [-0.15, -0.1) is 8.46 Å². The Morgan fingerprint density at radius 3 is 1.52 bits per heavy atom. The van der Waals surface area contributed by atoms with Gasteiger partial charge in [-0.2, -0.15) is 0 Å². The van der Waals surface area contributed by atoms with Crippen LogP contribution >= 0.6 is 8.46 Å². The lowest BCUT2D eigenvalue weighted by molar-refractivity contribution is 0.179. The van der Waals surface area contributed by atoms with Crippen molar-refractivity contribution < 1.29 is 5.11 Å². The van der Waals surface area contributed by atoms with Gasteiger partial charge in [-0.3, -0.25) is 0 Å². The topological polar surface area (TPSA) is 20.2 Å². The number of benzene rings is 2. The van der Waals surface area contributed by atoms with E-state index < -0.39 is 5.34 Å². The van der Waals surface area contributed by atoms with E-state index in [1.165, 1.54) is 0 Å². The zero-order valence-corrected chi connectivity index (χ0v) is 14.3. The normalized spacial score (nSPS) is 12.8. The van der Waals surface area contributed by atoms with Crippen molar-refractivity contribution in [2.24, 2.45) is 0 Å². The average Bonchev–Trinajstić information content (AvgIpc) is 2.48. The molecule has 2 aromatic rings. The van der Waals surface area contributed by atoms with Crippen LogP contribution < -0.4 is 0 Å². The monoisotopic (exact) mass is 298 g/mol. The van der Waals surface area contributed by atoms with Crippen LogP contribution in [0.1, 0.15) is 31.9 Å². The Morgan fingerprint density at radius 2 is 1.19 bits per heavy atom. The molecule has 1 N–H and O–H groups in total. The average molecular weight is 298 g/mol. The second kappa shape index (κ2) is 6.34. The Labute approximate surface area is 130 Å². The highest BCUT2D eigenvalue weighted by molar-refractivity contribution is 7.77. The highest BCUT2D eigenvalue weighted by Gasteiger charge is 2.37. The first-order valence-electron chi connectivity index (χ1n) is 7.45. The molecule has 0 aliphatic carbocycles. The minimum absolute atomic E-state index is 0.177. The molecule has 1 atom stereocenters. The van der Waals surface area contributed by atoms with Crippen molar-refractivity contribution >= 4 is 14.9 Å². The first-order valence-corrected chi connectivity index (χ1v) is 8.53. The number of rotatable bonds is 4. The maximum absolute atomic E-state index is 11.5. The van der Waals surface area contributed by atoms with Gasteiger partial charge in [-0.1, -0.05) is 93.6 Å². The third kappa shape index (κ3) is 3.76. The molecule has 0 spiro atoms. The largest absolute Gasteiger partial charge is 0.378 e. The highest BCUT2D eigenvalue weighted by Crippen LogP contribution is 2.51. The van der Waals surface area contributed by atoms with Gasteiger partial charge in [-0.05, 0) is 11.1 Å². The summed E-state index contributed by atoms with van der Waals surface area (Å²) in [6.45, 7) is 8.94. The molecule has 0 aliphatic rings. The lowest BCUT2D eigenvalue weighted by Crippen LogP contribution is -2.29. The van der Waals surface area contributed by atoms with Crippen LogP contribution in [0.2, 0.25) is 12.1 Å². The van der Waals surface area contributed by atoms with E-state index in [1.807, 2.05) is 60.7 Å². The van der Waals surface area contributed by atoms with Crippen LogP contribution in [0.4, 0.5) is 0 Å². The number of hydrogen-bond donors (Lipinski definition) is 1. The molecule has 0 amide bonds. The molecular weight excluding hydrogens is 274 g/mol. The summed E-state index contributed by atoms with van der Waals surface area (Å²) < 4.78 is 0. The molecule has 0 aromatic heterocycles. The van der Waals surface area contributed by atoms with E-state index in [0.717, 1.165) is 11.1 Å². The molecule has 0 saturated carbocycles. The van der Waals surface area contributed by atoms with Crippen LogP contribution in [0.15, 0.2) is 60.7 Å². The van der Waals surface area contributed by atoms with Crippen molar-refractivity contribution in [1.82, 2.24) is 0 Å². The molecule has 1 nitrogen and oxygen atoms in total. The molecule has 110 valence electrons. The van der Waals surface area contributed by atoms with Gasteiger partial charge in [0, 0.05) is 0 Å². The standard InChI is InChI=1S/C18H24BOP/c1-17(2,3)19(4)21-18(20,15-11-7-5-8-12-15)16-13-9-6-10-14-16/h5-14,20-21H,1-4H3. The summed E-state index contributed by atoms with van der Waals surface area (Å²) in [4.78, 5) is 0. The summed E-state index contributed by atoms with van der Waals surface area (Å²) in [6.07, 6.45) is 0.419. The van der Waals surface area contributed by atoms with Crippen molar-refractivity contribution in [3.05, 3.63) is 71.8 Å². The molecule has 0 radical (unpaired) electrons. The van der Waals surface area contributed by atoms with Gasteiger partial charge in [0.1, 0.15) is 5.34 Å². The lowest BCUT2D eigenvalue weighted by Gasteiger charge is -2.35. The smallest absolute Gasteiger partial charge is 0.173 e. The molecule has 0 bridgehead atoms. The molecule has 3 heteroatoms. The zero-order valence-electron chi connectivity index (χ0n) is 13.3. The SMILES string of the molecule is CB(PC(O)(c1ccccc1)c1ccccc1)C(C)(C)C. The summed E-state index contributed by atoms with van der Waals surface area (Å²) in [7, 11) is 0.412. The molecule has 1 unspecified atom stereocenters. The van der Waals surface area contributed by atoms with E-state index in [1.54, 1.807) is 0 Å². The first-order chi connectivity index (χ1) is 9.84. The Morgan fingerprint density at radius 1 is 0.810 bits per heavy atom. The van der Waals surface area contributed by atoms with E-state index in [2.05, 4.69) is 27.6 Å². The molecule has 0 saturated heterocycles. The van der Waals surface area contributed by atoms with E-state index in [0.29, 0.717) is 14.9 Å². The van der Waals surface area contributed by atoms with E-state index in [9.17, 15) is 5.11 Å². The van der Waals surface area contributed by atoms with Crippen LogP contribution in [0.25, 0.3) is 0 Å². The predicted octanol–water partition coefficient (Wildman–Crippen LogP) is 4.98. The summed E-state index contributed by atoms with van der Waals surface area (Å²) in [5.41, 5.74) is 1.95. The molecule has 0 heterocycles. The van der Waals surface area contributed by atoms with E-state index in [-0.39, 0.29) is 5.31 Å². The van der Waals surface area contributed by atoms with Gasteiger partial charge in [0.15, 0.2) is 6.43 Å². The maximum Gasteiger partial charge on any atom is 0.173 e. The Hall–Kier alpha value is -1.11. The van der Waals surface area contributed by atoms with Gasteiger partial charge in [0.05, 0.1) is 0 Å². The van der Waals surface area contributed by atoms with Crippen molar-refractivity contribution in [2.45, 2.75) is 38.3 Å². The van der Waals surface area contributed by atoms with Crippen LogP contribution in [-0.4, -0.2) is 11.5 Å². The fraction of sp³-hybridized carbons (Fsp3) is 0.333. The molecule has 2 rings (SSSR count). The summed E-state index contributed by atoms with van der Waals surface area (Å²) >= 11 is 0. The van der Waals surface area contributed by atoms with Crippen molar-refractivity contribution in [3.8, 4) is 0 Å². The van der Waals surface area contributed by atoms with Gasteiger partial charge in [0.25, 0.3) is 0 Å². The Kier molecular flexibility index (Phi) is 4.91. The van der Waals surface area contributed by atoms with E-state index in [4.69, 9.17) is 0 Å².